The van der Waals surface area contributed by atoms with E-state index in [0.29, 0.717) is 0 Å². The lowest BCUT2D eigenvalue weighted by atomic mass is 9.81. The number of anilines is 2. The summed E-state index contributed by atoms with van der Waals surface area (Å²) in [5.74, 6) is -0.0145. The number of halogens is 2. The van der Waals surface area contributed by atoms with Gasteiger partial charge < -0.3 is 4.90 Å². The number of carbonyl (C=O) groups excluding carboxylic acids is 1. The Hall–Kier alpha value is -1.65. The van der Waals surface area contributed by atoms with Gasteiger partial charge in [-0.05, 0) is 48.7 Å². The maximum atomic E-state index is 13.2. The van der Waals surface area contributed by atoms with E-state index in [1.165, 1.54) is 18.4 Å². The van der Waals surface area contributed by atoms with E-state index in [1.807, 2.05) is 30.4 Å². The predicted octanol–water partition coefficient (Wildman–Crippen LogP) is 6.96. The summed E-state index contributed by atoms with van der Waals surface area (Å²) < 4.78 is 1.89. The molecule has 2 aromatic carbocycles. The van der Waals surface area contributed by atoms with E-state index in [0.717, 1.165) is 32.3 Å². The summed E-state index contributed by atoms with van der Waals surface area (Å²) in [7, 11) is 0. The second-order valence-corrected chi connectivity index (χ2v) is 8.92. The van der Waals surface area contributed by atoms with Crippen LogP contribution in [0.5, 0.6) is 0 Å². The van der Waals surface area contributed by atoms with Crippen molar-refractivity contribution in [2.75, 3.05) is 4.90 Å². The molecule has 0 bridgehead atoms. The minimum atomic E-state index is -0.189. The number of unbranched alkanes of at least 4 members (excludes halogenated alkanes) is 1. The number of rotatable bonds is 4. The predicted molar refractivity (Wildman–Crippen MR) is 119 cm³/mol. The van der Waals surface area contributed by atoms with E-state index >= 15 is 0 Å². The van der Waals surface area contributed by atoms with Crippen LogP contribution in [0.1, 0.15) is 35.7 Å². The Morgan fingerprint density at radius 3 is 2.59 bits per heavy atom. The van der Waals surface area contributed by atoms with Gasteiger partial charge in [0.15, 0.2) is 5.78 Å². The highest BCUT2D eigenvalue weighted by Gasteiger charge is 2.39. The van der Waals surface area contributed by atoms with Gasteiger partial charge in [-0.2, -0.15) is 0 Å². The molecule has 2 aliphatic rings. The summed E-state index contributed by atoms with van der Waals surface area (Å²) in [6.45, 7) is 2.22. The van der Waals surface area contributed by atoms with Gasteiger partial charge in [-0.15, -0.1) is 0 Å². The molecule has 2 unspecified atom stereocenters. The monoisotopic (exact) mass is 485 g/mol. The van der Waals surface area contributed by atoms with Crippen LogP contribution in [0.4, 0.5) is 11.4 Å². The molecule has 0 fully saturated rings. The molecular formula is C23H21Br2NO. The zero-order valence-electron chi connectivity index (χ0n) is 15.2. The maximum absolute atomic E-state index is 13.2. The van der Waals surface area contributed by atoms with Crippen LogP contribution in [-0.2, 0) is 6.42 Å². The highest BCUT2D eigenvalue weighted by Crippen LogP contribution is 2.43. The van der Waals surface area contributed by atoms with Crippen LogP contribution in [0.15, 0.2) is 69.6 Å². The second kappa shape index (κ2) is 7.76. The molecule has 138 valence electrons. The Morgan fingerprint density at radius 1 is 1.07 bits per heavy atom. The molecule has 0 N–H and O–H groups in total. The summed E-state index contributed by atoms with van der Waals surface area (Å²) in [6, 6.07) is 14.8. The lowest BCUT2D eigenvalue weighted by Gasteiger charge is -2.42. The Balaban J connectivity index is 1.79. The molecule has 1 aliphatic heterocycles. The van der Waals surface area contributed by atoms with Gasteiger partial charge in [0.2, 0.25) is 0 Å². The summed E-state index contributed by atoms with van der Waals surface area (Å²) in [5.41, 5.74) is 4.23. The third kappa shape index (κ3) is 3.57. The normalized spacial score (nSPS) is 20.9. The first kappa shape index (κ1) is 18.7. The van der Waals surface area contributed by atoms with E-state index < -0.39 is 0 Å². The lowest BCUT2D eigenvalue weighted by molar-refractivity contribution is 0.0931. The summed E-state index contributed by atoms with van der Waals surface area (Å²) in [4.78, 5) is 15.4. The van der Waals surface area contributed by atoms with Gasteiger partial charge in [0.05, 0.1) is 17.6 Å². The van der Waals surface area contributed by atoms with Gasteiger partial charge in [-0.25, -0.2) is 0 Å². The van der Waals surface area contributed by atoms with Crippen molar-refractivity contribution in [1.82, 2.24) is 0 Å². The molecule has 2 atom stereocenters. The molecule has 0 spiro atoms. The van der Waals surface area contributed by atoms with Gasteiger partial charge in [0.1, 0.15) is 0 Å². The van der Waals surface area contributed by atoms with Crippen molar-refractivity contribution in [3.63, 3.8) is 0 Å². The molecule has 0 saturated heterocycles. The maximum Gasteiger partial charge on any atom is 0.174 e. The highest BCUT2D eigenvalue weighted by molar-refractivity contribution is 9.12. The van der Waals surface area contributed by atoms with Crippen molar-refractivity contribution in [1.29, 1.82) is 0 Å². The van der Waals surface area contributed by atoms with Gasteiger partial charge in [-0.1, -0.05) is 75.6 Å². The Kier molecular flexibility index (Phi) is 5.38. The molecule has 4 rings (SSSR count). The lowest BCUT2D eigenvalue weighted by Crippen LogP contribution is -2.45. The van der Waals surface area contributed by atoms with Crippen molar-refractivity contribution >= 4 is 49.0 Å². The number of aryl methyl sites for hydroxylation is 1. The van der Waals surface area contributed by atoms with Gasteiger partial charge in [0, 0.05) is 20.2 Å². The number of carbonyl (C=O) groups is 1. The fourth-order valence-electron chi connectivity index (χ4n) is 3.88. The van der Waals surface area contributed by atoms with E-state index in [4.69, 9.17) is 0 Å². The third-order valence-electron chi connectivity index (χ3n) is 5.28. The number of benzene rings is 2. The minimum absolute atomic E-state index is 0.00559. The standard InChI is InChI=1S/C23H21Br2NO/c1-2-3-4-15-5-9-18(10-6-15)26-21-11-7-16(24)13-19(21)23(27)20-14-17(25)8-12-22(20)26/h5-14,19,21H,2-4H2,1H3. The summed E-state index contributed by atoms with van der Waals surface area (Å²) >= 11 is 7.05. The van der Waals surface area contributed by atoms with Crippen molar-refractivity contribution in [2.24, 2.45) is 5.92 Å². The van der Waals surface area contributed by atoms with Crippen LogP contribution in [0.25, 0.3) is 0 Å². The zero-order valence-corrected chi connectivity index (χ0v) is 18.3. The van der Waals surface area contributed by atoms with Crippen molar-refractivity contribution in [3.05, 3.63) is 80.8 Å². The van der Waals surface area contributed by atoms with Gasteiger partial charge in [-0.3, -0.25) is 4.79 Å². The van der Waals surface area contributed by atoms with Gasteiger partial charge >= 0.3 is 0 Å². The first-order valence-electron chi connectivity index (χ1n) is 9.36. The second-order valence-electron chi connectivity index (χ2n) is 7.09. The fourth-order valence-corrected chi connectivity index (χ4v) is 4.68. The molecule has 4 heteroatoms. The molecular weight excluding hydrogens is 466 g/mol. The van der Waals surface area contributed by atoms with E-state index in [1.54, 1.807) is 0 Å². The molecule has 2 aromatic rings. The quantitative estimate of drug-likeness (QED) is 0.465. The molecule has 1 aliphatic carbocycles. The molecule has 1 heterocycles. The number of nitrogens with zero attached hydrogens (tertiary/aromatic N) is 1. The molecule has 0 saturated carbocycles. The van der Waals surface area contributed by atoms with Crippen LogP contribution in [0.3, 0.4) is 0 Å². The summed E-state index contributed by atoms with van der Waals surface area (Å²) in [5, 5.41) is 0. The Bertz CT molecular complexity index is 930. The van der Waals surface area contributed by atoms with E-state index in [-0.39, 0.29) is 17.7 Å². The zero-order chi connectivity index (χ0) is 19.0. The SMILES string of the molecule is CCCCc1ccc(N2c3ccc(Br)cc3C(=O)C3C=C(Br)C=CC32)cc1. The molecule has 0 amide bonds. The highest BCUT2D eigenvalue weighted by atomic mass is 79.9. The Morgan fingerprint density at radius 2 is 1.85 bits per heavy atom. The summed E-state index contributed by atoms with van der Waals surface area (Å²) in [6.07, 6.45) is 9.72. The number of hydrogen-bond acceptors (Lipinski definition) is 2. The number of hydrogen-bond donors (Lipinski definition) is 0. The third-order valence-corrected chi connectivity index (χ3v) is 6.30. The average molecular weight is 487 g/mol. The van der Waals surface area contributed by atoms with E-state index in [2.05, 4.69) is 74.0 Å². The average Bonchev–Trinajstić information content (AvgIpc) is 2.68. The topological polar surface area (TPSA) is 20.3 Å². The number of allylic oxidation sites excluding steroid dienone is 2. The number of fused-ring (bicyclic) bond motifs is 2. The van der Waals surface area contributed by atoms with Crippen molar-refractivity contribution in [2.45, 2.75) is 32.2 Å². The minimum Gasteiger partial charge on any atom is -0.333 e. The van der Waals surface area contributed by atoms with Gasteiger partial charge in [0.25, 0.3) is 0 Å². The number of Topliss-reactive ketones (excluding diaryl/α,β-unsaturated/α-hetero) is 1. The first-order valence-corrected chi connectivity index (χ1v) is 10.9. The molecule has 27 heavy (non-hydrogen) atoms. The van der Waals surface area contributed by atoms with Crippen molar-refractivity contribution < 1.29 is 4.79 Å². The number of ketones is 1. The molecule has 0 radical (unpaired) electrons. The molecule has 2 nitrogen and oxygen atoms in total. The van der Waals surface area contributed by atoms with Crippen molar-refractivity contribution in [3.8, 4) is 0 Å². The van der Waals surface area contributed by atoms with Crippen LogP contribution < -0.4 is 4.90 Å². The van der Waals surface area contributed by atoms with Crippen LogP contribution in [-0.4, -0.2) is 11.8 Å². The fraction of sp³-hybridized carbons (Fsp3) is 0.261. The van der Waals surface area contributed by atoms with Crippen LogP contribution >= 0.6 is 31.9 Å². The smallest absolute Gasteiger partial charge is 0.174 e. The largest absolute Gasteiger partial charge is 0.333 e. The van der Waals surface area contributed by atoms with Crippen LogP contribution in [0, 0.1) is 5.92 Å². The Labute approximate surface area is 177 Å². The van der Waals surface area contributed by atoms with E-state index in [9.17, 15) is 4.79 Å². The van der Waals surface area contributed by atoms with Crippen LogP contribution in [0.2, 0.25) is 0 Å². The molecule has 0 aromatic heterocycles. The first-order chi connectivity index (χ1) is 13.1.